The predicted octanol–water partition coefficient (Wildman–Crippen LogP) is 2.80. The molecule has 19 heavy (non-hydrogen) atoms. The highest BCUT2D eigenvalue weighted by Crippen LogP contribution is 2.31. The first kappa shape index (κ1) is 15.3. The highest BCUT2D eigenvalue weighted by Gasteiger charge is 2.35. The van der Waals surface area contributed by atoms with Crippen LogP contribution in [0.1, 0.15) is 58.8 Å². The van der Waals surface area contributed by atoms with Gasteiger partial charge in [0.1, 0.15) is 0 Å². The maximum atomic E-state index is 6.08. The number of hydrogen-bond acceptors (Lipinski definition) is 3. The van der Waals surface area contributed by atoms with E-state index in [9.17, 15) is 0 Å². The molecule has 3 nitrogen and oxygen atoms in total. The smallest absolute Gasteiger partial charge is 0.0692 e. The van der Waals surface area contributed by atoms with Gasteiger partial charge in [-0.3, -0.25) is 0 Å². The Kier molecular flexibility index (Phi) is 5.67. The van der Waals surface area contributed by atoms with Gasteiger partial charge in [0, 0.05) is 18.7 Å². The summed E-state index contributed by atoms with van der Waals surface area (Å²) in [6, 6.07) is 1.39. The fraction of sp³-hybridized carbons (Fsp3) is 1.00. The van der Waals surface area contributed by atoms with Crippen LogP contribution < -0.4 is 5.32 Å². The molecule has 2 aliphatic heterocycles. The van der Waals surface area contributed by atoms with Gasteiger partial charge in [-0.25, -0.2) is 0 Å². The number of ether oxygens (including phenoxy) is 1. The molecule has 2 heterocycles. The minimum absolute atomic E-state index is 0.150. The topological polar surface area (TPSA) is 24.5 Å². The Balaban J connectivity index is 1.84. The van der Waals surface area contributed by atoms with E-state index in [-0.39, 0.29) is 5.60 Å². The van der Waals surface area contributed by atoms with Crippen molar-refractivity contribution in [2.45, 2.75) is 76.5 Å². The average molecular weight is 268 g/mol. The lowest BCUT2D eigenvalue weighted by Crippen LogP contribution is -2.49. The van der Waals surface area contributed by atoms with Gasteiger partial charge in [-0.2, -0.15) is 0 Å². The van der Waals surface area contributed by atoms with Gasteiger partial charge >= 0.3 is 0 Å². The quantitative estimate of drug-likeness (QED) is 0.848. The van der Waals surface area contributed by atoms with E-state index in [1.54, 1.807) is 0 Å². The lowest BCUT2D eigenvalue weighted by molar-refractivity contribution is -0.0942. The molecule has 0 amide bonds. The number of likely N-dealkylation sites (tertiary alicyclic amines) is 1. The van der Waals surface area contributed by atoms with Crippen molar-refractivity contribution in [2.75, 3.05) is 26.7 Å². The molecular formula is C16H32N2O. The summed E-state index contributed by atoms with van der Waals surface area (Å²) in [6.45, 7) is 7.98. The molecule has 2 fully saturated rings. The summed E-state index contributed by atoms with van der Waals surface area (Å²) in [7, 11) is 2.25. The summed E-state index contributed by atoms with van der Waals surface area (Å²) in [6.07, 6.45) is 8.67. The van der Waals surface area contributed by atoms with Gasteiger partial charge < -0.3 is 15.0 Å². The van der Waals surface area contributed by atoms with Crippen LogP contribution in [-0.4, -0.2) is 49.3 Å². The summed E-state index contributed by atoms with van der Waals surface area (Å²) in [5.41, 5.74) is 0.150. The Bertz CT molecular complexity index is 265. The van der Waals surface area contributed by atoms with Gasteiger partial charge in [0.15, 0.2) is 0 Å². The number of hydrogen-bond donors (Lipinski definition) is 1. The van der Waals surface area contributed by atoms with Crippen LogP contribution in [0.2, 0.25) is 0 Å². The highest BCUT2D eigenvalue weighted by molar-refractivity contribution is 4.90. The zero-order valence-corrected chi connectivity index (χ0v) is 13.1. The van der Waals surface area contributed by atoms with Crippen LogP contribution in [0.5, 0.6) is 0 Å². The zero-order chi connectivity index (χ0) is 13.7. The molecule has 2 saturated heterocycles. The fourth-order valence-electron chi connectivity index (χ4n) is 3.65. The second kappa shape index (κ2) is 7.05. The molecule has 0 aromatic rings. The van der Waals surface area contributed by atoms with Crippen molar-refractivity contribution in [3.05, 3.63) is 0 Å². The molecule has 0 radical (unpaired) electrons. The van der Waals surface area contributed by atoms with Gasteiger partial charge in [0.05, 0.1) is 5.60 Å². The molecule has 2 aliphatic rings. The molecule has 0 spiro atoms. The van der Waals surface area contributed by atoms with Crippen molar-refractivity contribution in [1.29, 1.82) is 0 Å². The van der Waals surface area contributed by atoms with Crippen LogP contribution >= 0.6 is 0 Å². The zero-order valence-electron chi connectivity index (χ0n) is 13.1. The summed E-state index contributed by atoms with van der Waals surface area (Å²) in [4.78, 5) is 2.47. The maximum Gasteiger partial charge on any atom is 0.0692 e. The SMILES string of the molecule is CCC1(CC)CC(NC2CCCN(C)CC2)CCO1. The highest BCUT2D eigenvalue weighted by atomic mass is 16.5. The van der Waals surface area contributed by atoms with Crippen LogP contribution in [0.3, 0.4) is 0 Å². The first-order valence-electron chi connectivity index (χ1n) is 8.26. The van der Waals surface area contributed by atoms with Crippen molar-refractivity contribution in [3.8, 4) is 0 Å². The van der Waals surface area contributed by atoms with Gasteiger partial charge in [0.25, 0.3) is 0 Å². The number of nitrogens with zero attached hydrogens (tertiary/aromatic N) is 1. The van der Waals surface area contributed by atoms with Crippen molar-refractivity contribution in [3.63, 3.8) is 0 Å². The van der Waals surface area contributed by atoms with E-state index in [1.165, 1.54) is 45.2 Å². The lowest BCUT2D eigenvalue weighted by atomic mass is 9.85. The van der Waals surface area contributed by atoms with Gasteiger partial charge in [-0.1, -0.05) is 13.8 Å². The molecule has 3 heteroatoms. The summed E-state index contributed by atoms with van der Waals surface area (Å²) >= 11 is 0. The van der Waals surface area contributed by atoms with E-state index in [0.717, 1.165) is 25.5 Å². The number of rotatable bonds is 4. The van der Waals surface area contributed by atoms with E-state index in [4.69, 9.17) is 4.74 Å². The lowest BCUT2D eigenvalue weighted by Gasteiger charge is -2.41. The van der Waals surface area contributed by atoms with Crippen LogP contribution in [-0.2, 0) is 4.74 Å². The Labute approximate surface area is 119 Å². The summed E-state index contributed by atoms with van der Waals surface area (Å²) in [5, 5.41) is 3.94. The maximum absolute atomic E-state index is 6.08. The van der Waals surface area contributed by atoms with Crippen molar-refractivity contribution in [1.82, 2.24) is 10.2 Å². The Morgan fingerprint density at radius 2 is 1.89 bits per heavy atom. The van der Waals surface area contributed by atoms with Gasteiger partial charge in [-0.15, -0.1) is 0 Å². The van der Waals surface area contributed by atoms with Crippen LogP contribution in [0.25, 0.3) is 0 Å². The average Bonchev–Trinajstić information content (AvgIpc) is 2.64. The second-order valence-corrected chi connectivity index (χ2v) is 6.53. The van der Waals surface area contributed by atoms with E-state index < -0.39 is 0 Å². The Morgan fingerprint density at radius 3 is 2.63 bits per heavy atom. The van der Waals surface area contributed by atoms with E-state index in [1.807, 2.05) is 0 Å². The first-order valence-corrected chi connectivity index (χ1v) is 8.26. The van der Waals surface area contributed by atoms with Crippen LogP contribution in [0.4, 0.5) is 0 Å². The molecule has 0 aromatic heterocycles. The van der Waals surface area contributed by atoms with E-state index in [2.05, 4.69) is 31.1 Å². The normalized spacial score (nSPS) is 33.0. The molecule has 2 rings (SSSR count). The predicted molar refractivity (Wildman–Crippen MR) is 80.6 cm³/mol. The monoisotopic (exact) mass is 268 g/mol. The molecule has 1 N–H and O–H groups in total. The van der Waals surface area contributed by atoms with Gasteiger partial charge in [0.2, 0.25) is 0 Å². The molecule has 0 saturated carbocycles. The fourth-order valence-corrected chi connectivity index (χ4v) is 3.65. The largest absolute Gasteiger partial charge is 0.375 e. The van der Waals surface area contributed by atoms with Gasteiger partial charge in [-0.05, 0) is 65.1 Å². The molecule has 2 unspecified atom stereocenters. The van der Waals surface area contributed by atoms with Crippen molar-refractivity contribution < 1.29 is 4.74 Å². The molecule has 2 atom stereocenters. The van der Waals surface area contributed by atoms with E-state index in [0.29, 0.717) is 6.04 Å². The Hall–Kier alpha value is -0.120. The van der Waals surface area contributed by atoms with Crippen LogP contribution in [0, 0.1) is 0 Å². The minimum atomic E-state index is 0.150. The first-order chi connectivity index (χ1) is 9.17. The van der Waals surface area contributed by atoms with E-state index >= 15 is 0 Å². The molecule has 0 aromatic carbocycles. The third-order valence-electron chi connectivity index (χ3n) is 5.20. The molecule has 0 bridgehead atoms. The second-order valence-electron chi connectivity index (χ2n) is 6.53. The summed E-state index contributed by atoms with van der Waals surface area (Å²) < 4.78 is 6.08. The van der Waals surface area contributed by atoms with Crippen molar-refractivity contribution >= 4 is 0 Å². The third kappa shape index (κ3) is 4.17. The van der Waals surface area contributed by atoms with Crippen LogP contribution in [0.15, 0.2) is 0 Å². The third-order valence-corrected chi connectivity index (χ3v) is 5.20. The molecular weight excluding hydrogens is 236 g/mol. The van der Waals surface area contributed by atoms with Crippen molar-refractivity contribution in [2.24, 2.45) is 0 Å². The standard InChI is InChI=1S/C16H32N2O/c1-4-16(5-2)13-15(9-12-19-16)17-14-7-6-10-18(3)11-8-14/h14-15,17H,4-13H2,1-3H3. The molecule has 0 aliphatic carbocycles. The Morgan fingerprint density at radius 1 is 1.11 bits per heavy atom. The number of nitrogens with one attached hydrogen (secondary N) is 1. The minimum Gasteiger partial charge on any atom is -0.375 e. The summed E-state index contributed by atoms with van der Waals surface area (Å²) in [5.74, 6) is 0. The molecule has 112 valence electrons.